The minimum absolute atomic E-state index is 0.372. The normalized spacial score (nSPS) is 12.4. The van der Waals surface area contributed by atoms with Crippen LogP contribution in [0.3, 0.4) is 0 Å². The molecule has 0 aliphatic heterocycles. The molecule has 0 saturated carbocycles. The number of benzene rings is 1. The van der Waals surface area contributed by atoms with E-state index in [4.69, 9.17) is 6.42 Å². The Labute approximate surface area is 106 Å². The average Bonchev–Trinajstić information content (AvgIpc) is 2.29. The molecule has 1 N–H and O–H groups in total. The molecule has 0 aliphatic carbocycles. The lowest BCUT2D eigenvalue weighted by atomic mass is 10.00. The molecule has 17 heavy (non-hydrogen) atoms. The van der Waals surface area contributed by atoms with Crippen LogP contribution in [0.15, 0.2) is 24.3 Å². The number of terminal acetylenes is 1. The summed E-state index contributed by atoms with van der Waals surface area (Å²) in [6, 6.07) is 9.26. The van der Waals surface area contributed by atoms with Crippen LogP contribution in [-0.4, -0.2) is 6.54 Å². The highest BCUT2D eigenvalue weighted by Crippen LogP contribution is 2.15. The standard InChI is InChI=1S/C16H23N/c1-5-6-11-17-14(4)16-9-7-15(8-10-16)12-13(2)3/h1,7-10,13-14,17H,6,11-12H2,2-4H3. The maximum Gasteiger partial charge on any atom is 0.0292 e. The van der Waals surface area contributed by atoms with Crippen LogP contribution in [0, 0.1) is 18.3 Å². The van der Waals surface area contributed by atoms with E-state index in [1.807, 2.05) is 0 Å². The largest absolute Gasteiger partial charge is 0.309 e. The summed E-state index contributed by atoms with van der Waals surface area (Å²) in [5, 5.41) is 3.42. The number of rotatable bonds is 6. The van der Waals surface area contributed by atoms with Crippen LogP contribution in [0.25, 0.3) is 0 Å². The third-order valence-electron chi connectivity index (χ3n) is 2.84. The molecule has 0 aliphatic rings. The first-order valence-corrected chi connectivity index (χ1v) is 6.39. The van der Waals surface area contributed by atoms with E-state index in [0.717, 1.165) is 19.4 Å². The fraction of sp³-hybridized carbons (Fsp3) is 0.500. The molecule has 0 radical (unpaired) electrons. The Bertz CT molecular complexity index is 356. The Morgan fingerprint density at radius 1 is 1.18 bits per heavy atom. The lowest BCUT2D eigenvalue weighted by molar-refractivity contribution is 0.583. The zero-order chi connectivity index (χ0) is 12.7. The molecule has 0 fully saturated rings. The molecule has 1 unspecified atom stereocenters. The molecule has 0 heterocycles. The first-order valence-electron chi connectivity index (χ1n) is 6.39. The molecular formula is C16H23N. The number of hydrogen-bond acceptors (Lipinski definition) is 1. The summed E-state index contributed by atoms with van der Waals surface area (Å²) in [6.07, 6.45) is 7.17. The molecule has 1 atom stereocenters. The van der Waals surface area contributed by atoms with E-state index in [9.17, 15) is 0 Å². The van der Waals surface area contributed by atoms with Crippen LogP contribution in [-0.2, 0) is 6.42 Å². The van der Waals surface area contributed by atoms with E-state index >= 15 is 0 Å². The molecule has 1 aromatic carbocycles. The Hall–Kier alpha value is -1.26. The monoisotopic (exact) mass is 229 g/mol. The van der Waals surface area contributed by atoms with Crippen LogP contribution in [0.1, 0.15) is 44.4 Å². The molecule has 92 valence electrons. The van der Waals surface area contributed by atoms with Crippen molar-refractivity contribution in [1.29, 1.82) is 0 Å². The molecule has 1 rings (SSSR count). The van der Waals surface area contributed by atoms with Crippen molar-refractivity contribution in [3.05, 3.63) is 35.4 Å². The van der Waals surface area contributed by atoms with E-state index < -0.39 is 0 Å². The first kappa shape index (κ1) is 13.8. The van der Waals surface area contributed by atoms with E-state index in [1.165, 1.54) is 11.1 Å². The molecule has 0 bridgehead atoms. The van der Waals surface area contributed by atoms with Crippen molar-refractivity contribution in [1.82, 2.24) is 5.32 Å². The minimum Gasteiger partial charge on any atom is -0.309 e. The summed E-state index contributed by atoms with van der Waals surface area (Å²) in [6.45, 7) is 7.55. The summed E-state index contributed by atoms with van der Waals surface area (Å²) in [5.41, 5.74) is 2.74. The van der Waals surface area contributed by atoms with Gasteiger partial charge in [0.1, 0.15) is 0 Å². The predicted molar refractivity (Wildman–Crippen MR) is 74.9 cm³/mol. The molecule has 0 saturated heterocycles. The van der Waals surface area contributed by atoms with Gasteiger partial charge in [-0.25, -0.2) is 0 Å². The van der Waals surface area contributed by atoms with Gasteiger partial charge in [0.05, 0.1) is 0 Å². The smallest absolute Gasteiger partial charge is 0.0292 e. The maximum absolute atomic E-state index is 5.23. The number of nitrogens with one attached hydrogen (secondary N) is 1. The van der Waals surface area contributed by atoms with Gasteiger partial charge >= 0.3 is 0 Å². The predicted octanol–water partition coefficient (Wildman–Crippen LogP) is 3.56. The van der Waals surface area contributed by atoms with Gasteiger partial charge in [-0.2, -0.15) is 0 Å². The zero-order valence-electron chi connectivity index (χ0n) is 11.2. The van der Waals surface area contributed by atoms with Gasteiger partial charge in [0.2, 0.25) is 0 Å². The number of hydrogen-bond donors (Lipinski definition) is 1. The van der Waals surface area contributed by atoms with Gasteiger partial charge in [-0.15, -0.1) is 12.3 Å². The van der Waals surface area contributed by atoms with E-state index in [-0.39, 0.29) is 0 Å². The lowest BCUT2D eigenvalue weighted by Gasteiger charge is -2.14. The van der Waals surface area contributed by atoms with E-state index in [0.29, 0.717) is 12.0 Å². The zero-order valence-corrected chi connectivity index (χ0v) is 11.2. The van der Waals surface area contributed by atoms with Gasteiger partial charge in [0.25, 0.3) is 0 Å². The summed E-state index contributed by atoms with van der Waals surface area (Å²) in [4.78, 5) is 0. The van der Waals surface area contributed by atoms with Gasteiger partial charge in [0, 0.05) is 19.0 Å². The van der Waals surface area contributed by atoms with Gasteiger partial charge < -0.3 is 5.32 Å². The van der Waals surface area contributed by atoms with Gasteiger partial charge in [-0.1, -0.05) is 38.1 Å². The Morgan fingerprint density at radius 3 is 2.35 bits per heavy atom. The Morgan fingerprint density at radius 2 is 1.82 bits per heavy atom. The Kier molecular flexibility index (Phi) is 5.80. The SMILES string of the molecule is C#CCCNC(C)c1ccc(CC(C)C)cc1. The molecule has 0 aromatic heterocycles. The van der Waals surface area contributed by atoms with Crippen LogP contribution in [0.2, 0.25) is 0 Å². The van der Waals surface area contributed by atoms with Crippen LogP contribution < -0.4 is 5.32 Å². The van der Waals surface area contributed by atoms with Crippen molar-refractivity contribution in [2.75, 3.05) is 6.54 Å². The second kappa shape index (κ2) is 7.14. The summed E-state index contributed by atoms with van der Waals surface area (Å²) in [7, 11) is 0. The summed E-state index contributed by atoms with van der Waals surface area (Å²) in [5.74, 6) is 3.36. The third-order valence-corrected chi connectivity index (χ3v) is 2.84. The van der Waals surface area contributed by atoms with Crippen molar-refractivity contribution in [3.63, 3.8) is 0 Å². The molecular weight excluding hydrogens is 206 g/mol. The summed E-state index contributed by atoms with van der Waals surface area (Å²) < 4.78 is 0. The molecule has 0 spiro atoms. The quantitative estimate of drug-likeness (QED) is 0.581. The highest BCUT2D eigenvalue weighted by atomic mass is 14.9. The molecule has 1 nitrogen and oxygen atoms in total. The van der Waals surface area contributed by atoms with Gasteiger partial charge in [-0.05, 0) is 30.4 Å². The topological polar surface area (TPSA) is 12.0 Å². The maximum atomic E-state index is 5.23. The van der Waals surface area contributed by atoms with Crippen molar-refractivity contribution < 1.29 is 0 Å². The van der Waals surface area contributed by atoms with E-state index in [2.05, 4.69) is 56.3 Å². The van der Waals surface area contributed by atoms with Crippen LogP contribution in [0.4, 0.5) is 0 Å². The van der Waals surface area contributed by atoms with Crippen molar-refractivity contribution in [2.45, 2.75) is 39.7 Å². The second-order valence-corrected chi connectivity index (χ2v) is 4.97. The third kappa shape index (κ3) is 5.06. The Balaban J connectivity index is 2.52. The highest BCUT2D eigenvalue weighted by molar-refractivity contribution is 5.25. The van der Waals surface area contributed by atoms with Gasteiger partial charge in [-0.3, -0.25) is 0 Å². The fourth-order valence-electron chi connectivity index (χ4n) is 1.89. The van der Waals surface area contributed by atoms with Crippen molar-refractivity contribution >= 4 is 0 Å². The van der Waals surface area contributed by atoms with Crippen molar-refractivity contribution in [3.8, 4) is 12.3 Å². The van der Waals surface area contributed by atoms with Crippen molar-refractivity contribution in [2.24, 2.45) is 5.92 Å². The molecule has 1 aromatic rings. The highest BCUT2D eigenvalue weighted by Gasteiger charge is 2.04. The average molecular weight is 229 g/mol. The molecule has 1 heteroatoms. The van der Waals surface area contributed by atoms with E-state index in [1.54, 1.807) is 0 Å². The van der Waals surface area contributed by atoms with Crippen LogP contribution in [0.5, 0.6) is 0 Å². The second-order valence-electron chi connectivity index (χ2n) is 4.97. The first-order chi connectivity index (χ1) is 8.13. The summed E-state index contributed by atoms with van der Waals surface area (Å²) >= 11 is 0. The molecule has 0 amide bonds. The fourth-order valence-corrected chi connectivity index (χ4v) is 1.89. The van der Waals surface area contributed by atoms with Crippen LogP contribution >= 0.6 is 0 Å². The van der Waals surface area contributed by atoms with Gasteiger partial charge in [0.15, 0.2) is 0 Å². The lowest BCUT2D eigenvalue weighted by Crippen LogP contribution is -2.19. The minimum atomic E-state index is 0.372.